The molecule has 0 bridgehead atoms. The highest BCUT2D eigenvalue weighted by Gasteiger charge is 2.41. The van der Waals surface area contributed by atoms with Crippen LogP contribution in [-0.2, 0) is 12.6 Å². The molecule has 1 aromatic carbocycles. The summed E-state index contributed by atoms with van der Waals surface area (Å²) in [6.45, 7) is 5.48. The van der Waals surface area contributed by atoms with Crippen molar-refractivity contribution in [2.45, 2.75) is 43.6 Å². The first kappa shape index (κ1) is 27.3. The number of nitrogens with one attached hydrogen (secondary N) is 2. The number of fused-ring (bicyclic) bond motifs is 2. The van der Waals surface area contributed by atoms with Gasteiger partial charge in [0.15, 0.2) is 5.69 Å². The molecule has 6 nitrogen and oxygen atoms in total. The fourth-order valence-electron chi connectivity index (χ4n) is 6.51. The van der Waals surface area contributed by atoms with Crippen LogP contribution in [0.3, 0.4) is 0 Å². The molecule has 0 radical (unpaired) electrons. The number of β-amino-alcohol motifs (C(OH)–C–C–N with tert-alkyl or cyclic N) is 1. The molecular weight excluding hydrogens is 550 g/mol. The Bertz CT molecular complexity index is 1270. The van der Waals surface area contributed by atoms with E-state index in [0.717, 1.165) is 50.6 Å². The number of rotatable bonds is 7. The van der Waals surface area contributed by atoms with Gasteiger partial charge < -0.3 is 20.6 Å². The van der Waals surface area contributed by atoms with Crippen molar-refractivity contribution in [2.24, 2.45) is 5.92 Å². The highest BCUT2D eigenvalue weighted by atomic mass is 35.5. The molecule has 3 aliphatic heterocycles. The number of aliphatic hydroxyl groups excluding tert-OH is 1. The van der Waals surface area contributed by atoms with Gasteiger partial charge in [-0.05, 0) is 71.7 Å². The third-order valence-electron chi connectivity index (χ3n) is 8.53. The largest absolute Gasteiger partial charge is 0.434 e. The summed E-state index contributed by atoms with van der Waals surface area (Å²) in [5, 5.41) is 17.9. The Morgan fingerprint density at radius 3 is 2.69 bits per heavy atom. The van der Waals surface area contributed by atoms with Crippen LogP contribution in [0, 0.1) is 5.92 Å². The fourth-order valence-corrected chi connectivity index (χ4v) is 6.89. The zero-order valence-electron chi connectivity index (χ0n) is 21.4. The molecular formula is C28H32Cl2F3N5O. The van der Waals surface area contributed by atoms with Gasteiger partial charge in [-0.2, -0.15) is 13.2 Å². The molecule has 11 heteroatoms. The number of alkyl halides is 3. The second-order valence-electron chi connectivity index (χ2n) is 11.1. The molecule has 4 heterocycles. The number of aromatic nitrogens is 1. The Balaban J connectivity index is 1.25. The molecule has 39 heavy (non-hydrogen) atoms. The first-order valence-electron chi connectivity index (χ1n) is 13.5. The maximum absolute atomic E-state index is 13.5. The molecule has 2 saturated heterocycles. The van der Waals surface area contributed by atoms with Crippen LogP contribution in [0.4, 0.5) is 19.0 Å². The standard InChI is InChI=1S/C28H32Cl2F3N5O/c29-18-2-1-17-7-23-21(22(17)8-18)5-6-37(25(23)13-35-12-16-10-34-11-16)14-19-9-20(39)15-38(19)26-4-3-24(30)27(36-26)28(31,32)33/h1-4,8,16,19-20,25,34-35,39H,5-7,9-15H2/t19?,20-,25?/m1/s1. The fraction of sp³-hybridized carbons (Fsp3) is 0.536. The zero-order valence-corrected chi connectivity index (χ0v) is 23.0. The molecule has 210 valence electrons. The minimum absolute atomic E-state index is 0.150. The van der Waals surface area contributed by atoms with Crippen molar-refractivity contribution < 1.29 is 18.3 Å². The third kappa shape index (κ3) is 5.54. The van der Waals surface area contributed by atoms with Crippen molar-refractivity contribution in [3.63, 3.8) is 0 Å². The Kier molecular flexibility index (Phi) is 7.58. The lowest BCUT2D eigenvalue weighted by Crippen LogP contribution is -2.53. The molecule has 2 fully saturated rings. The topological polar surface area (TPSA) is 63.7 Å². The highest BCUT2D eigenvalue weighted by molar-refractivity contribution is 6.31. The van der Waals surface area contributed by atoms with E-state index in [1.54, 1.807) is 0 Å². The quantitative estimate of drug-likeness (QED) is 0.454. The third-order valence-corrected chi connectivity index (χ3v) is 9.07. The molecule has 6 rings (SSSR count). The summed E-state index contributed by atoms with van der Waals surface area (Å²) < 4.78 is 40.6. The number of aliphatic hydroxyl groups is 1. The summed E-state index contributed by atoms with van der Waals surface area (Å²) in [6, 6.07) is 8.87. The minimum Gasteiger partial charge on any atom is -0.391 e. The normalized spacial score (nSPS) is 25.7. The lowest BCUT2D eigenvalue weighted by molar-refractivity contribution is -0.141. The molecule has 0 spiro atoms. The van der Waals surface area contributed by atoms with E-state index in [-0.39, 0.29) is 24.4 Å². The Labute approximate surface area is 236 Å². The molecule has 3 N–H and O–H groups in total. The van der Waals surface area contributed by atoms with E-state index in [1.165, 1.54) is 34.4 Å². The Hall–Kier alpha value is -1.88. The number of nitrogens with zero attached hydrogens (tertiary/aromatic N) is 3. The van der Waals surface area contributed by atoms with Crippen LogP contribution in [0.1, 0.15) is 29.7 Å². The van der Waals surface area contributed by atoms with Crippen LogP contribution in [0.15, 0.2) is 35.9 Å². The molecule has 1 aromatic heterocycles. The maximum Gasteiger partial charge on any atom is 0.434 e. The lowest BCUT2D eigenvalue weighted by Gasteiger charge is -2.41. The number of anilines is 1. The molecule has 2 aromatic rings. The van der Waals surface area contributed by atoms with Gasteiger partial charge in [0, 0.05) is 62.9 Å². The predicted octanol–water partition coefficient (Wildman–Crippen LogP) is 4.24. The number of hydrogen-bond donors (Lipinski definition) is 3. The molecule has 0 saturated carbocycles. The number of benzene rings is 1. The molecule has 3 atom stereocenters. The second-order valence-corrected chi connectivity index (χ2v) is 12.0. The Morgan fingerprint density at radius 2 is 1.95 bits per heavy atom. The van der Waals surface area contributed by atoms with E-state index < -0.39 is 23.0 Å². The van der Waals surface area contributed by atoms with Gasteiger partial charge in [-0.15, -0.1) is 0 Å². The van der Waals surface area contributed by atoms with Gasteiger partial charge >= 0.3 is 6.18 Å². The SMILES string of the molecule is O[C@@H]1CC(CN2CCC3=C(Cc4ccc(Cl)cc43)C2CNCC2CNC2)N(c2ccc(Cl)c(C(F)(F)F)n2)C1. The summed E-state index contributed by atoms with van der Waals surface area (Å²) in [6.07, 6.45) is -3.05. The van der Waals surface area contributed by atoms with Gasteiger partial charge in [0.2, 0.25) is 0 Å². The van der Waals surface area contributed by atoms with Crippen molar-refractivity contribution in [3.8, 4) is 0 Å². The molecule has 2 unspecified atom stereocenters. The second kappa shape index (κ2) is 10.8. The van der Waals surface area contributed by atoms with Gasteiger partial charge in [-0.1, -0.05) is 29.3 Å². The first-order chi connectivity index (χ1) is 18.7. The zero-order chi connectivity index (χ0) is 27.3. The van der Waals surface area contributed by atoms with Gasteiger partial charge in [-0.25, -0.2) is 4.98 Å². The van der Waals surface area contributed by atoms with Gasteiger partial charge in [0.25, 0.3) is 0 Å². The van der Waals surface area contributed by atoms with Crippen molar-refractivity contribution in [1.29, 1.82) is 0 Å². The Morgan fingerprint density at radius 1 is 1.13 bits per heavy atom. The summed E-state index contributed by atoms with van der Waals surface area (Å²) in [7, 11) is 0. The van der Waals surface area contributed by atoms with Crippen LogP contribution in [0.5, 0.6) is 0 Å². The average molecular weight is 582 g/mol. The van der Waals surface area contributed by atoms with E-state index in [9.17, 15) is 18.3 Å². The summed E-state index contributed by atoms with van der Waals surface area (Å²) in [5.74, 6) is 0.828. The van der Waals surface area contributed by atoms with Crippen LogP contribution in [0.25, 0.3) is 5.57 Å². The summed E-state index contributed by atoms with van der Waals surface area (Å²) in [4.78, 5) is 8.15. The number of pyridine rings is 1. The van der Waals surface area contributed by atoms with E-state index in [0.29, 0.717) is 18.9 Å². The molecule has 0 amide bonds. The van der Waals surface area contributed by atoms with Gasteiger partial charge in [0.05, 0.1) is 11.1 Å². The molecule has 1 aliphatic carbocycles. The van der Waals surface area contributed by atoms with Gasteiger partial charge in [0.1, 0.15) is 5.82 Å². The van der Waals surface area contributed by atoms with E-state index in [2.05, 4.69) is 32.7 Å². The van der Waals surface area contributed by atoms with Gasteiger partial charge in [-0.3, -0.25) is 4.90 Å². The van der Waals surface area contributed by atoms with Crippen molar-refractivity contribution in [1.82, 2.24) is 20.5 Å². The summed E-state index contributed by atoms with van der Waals surface area (Å²) >= 11 is 12.2. The first-order valence-corrected chi connectivity index (χ1v) is 14.3. The predicted molar refractivity (Wildman–Crippen MR) is 147 cm³/mol. The van der Waals surface area contributed by atoms with Crippen LogP contribution in [-0.4, -0.2) is 79.0 Å². The maximum atomic E-state index is 13.5. The molecule has 4 aliphatic rings. The smallest absolute Gasteiger partial charge is 0.391 e. The minimum atomic E-state index is -4.65. The van der Waals surface area contributed by atoms with Crippen LogP contribution >= 0.6 is 23.2 Å². The summed E-state index contributed by atoms with van der Waals surface area (Å²) in [5.41, 5.74) is 4.21. The van der Waals surface area contributed by atoms with Crippen LogP contribution in [0.2, 0.25) is 10.0 Å². The monoisotopic (exact) mass is 581 g/mol. The number of halogens is 5. The van der Waals surface area contributed by atoms with Crippen LogP contribution < -0.4 is 15.5 Å². The van der Waals surface area contributed by atoms with Crippen molar-refractivity contribution >= 4 is 34.6 Å². The average Bonchev–Trinajstić information content (AvgIpc) is 3.40. The van der Waals surface area contributed by atoms with Crippen molar-refractivity contribution in [3.05, 3.63) is 62.8 Å². The lowest BCUT2D eigenvalue weighted by atomic mass is 9.91. The van der Waals surface area contributed by atoms with E-state index in [1.807, 2.05) is 11.0 Å². The van der Waals surface area contributed by atoms with E-state index in [4.69, 9.17) is 23.2 Å². The number of hydrogen-bond acceptors (Lipinski definition) is 6. The van der Waals surface area contributed by atoms with Crippen molar-refractivity contribution in [2.75, 3.05) is 50.7 Å². The van der Waals surface area contributed by atoms with E-state index >= 15 is 0 Å². The highest BCUT2D eigenvalue weighted by Crippen LogP contribution is 2.42.